The van der Waals surface area contributed by atoms with Crippen LogP contribution in [0.5, 0.6) is 0 Å². The fourth-order valence-corrected chi connectivity index (χ4v) is 3.70. The van der Waals surface area contributed by atoms with Gasteiger partial charge in [0, 0.05) is 16.3 Å². The Morgan fingerprint density at radius 2 is 2.21 bits per heavy atom. The van der Waals surface area contributed by atoms with E-state index >= 15 is 0 Å². The second kappa shape index (κ2) is 5.27. The summed E-state index contributed by atoms with van der Waals surface area (Å²) in [6.45, 7) is 6.14. The second-order valence-corrected chi connectivity index (χ2v) is 6.63. The third kappa shape index (κ3) is 2.48. The highest BCUT2D eigenvalue weighted by Crippen LogP contribution is 2.30. The third-order valence-electron chi connectivity index (χ3n) is 3.04. The van der Waals surface area contributed by atoms with Crippen LogP contribution in [0.4, 0.5) is 5.82 Å². The summed E-state index contributed by atoms with van der Waals surface area (Å²) in [6, 6.07) is 6.45. The van der Waals surface area contributed by atoms with Crippen LogP contribution in [-0.4, -0.2) is 16.5 Å². The SMILES string of the molecule is CCN(Cc1cccs1)c1ncnc2sc(C)cc12. The molecule has 0 radical (unpaired) electrons. The largest absolute Gasteiger partial charge is 0.351 e. The second-order valence-electron chi connectivity index (χ2n) is 4.37. The van der Waals surface area contributed by atoms with Crippen LogP contribution in [0.15, 0.2) is 29.9 Å². The van der Waals surface area contributed by atoms with Crippen LogP contribution < -0.4 is 4.90 Å². The Kier molecular flexibility index (Phi) is 3.48. The van der Waals surface area contributed by atoms with E-state index in [1.165, 1.54) is 15.1 Å². The molecule has 0 aromatic carbocycles. The molecule has 3 aromatic rings. The minimum absolute atomic E-state index is 0.912. The van der Waals surface area contributed by atoms with Gasteiger partial charge in [0.1, 0.15) is 17.0 Å². The van der Waals surface area contributed by atoms with Crippen molar-refractivity contribution >= 4 is 38.7 Å². The van der Waals surface area contributed by atoms with Gasteiger partial charge in [-0.1, -0.05) is 6.07 Å². The van der Waals surface area contributed by atoms with E-state index in [1.807, 2.05) is 0 Å². The molecule has 0 aliphatic rings. The molecule has 3 aromatic heterocycles. The van der Waals surface area contributed by atoms with Gasteiger partial charge >= 0.3 is 0 Å². The molecule has 0 bridgehead atoms. The summed E-state index contributed by atoms with van der Waals surface area (Å²) in [5.41, 5.74) is 0. The van der Waals surface area contributed by atoms with Gasteiger partial charge in [-0.05, 0) is 31.4 Å². The lowest BCUT2D eigenvalue weighted by molar-refractivity contribution is 0.826. The van der Waals surface area contributed by atoms with Gasteiger partial charge < -0.3 is 4.90 Å². The standard InChI is InChI=1S/C14H15N3S2/c1-3-17(8-11-5-4-6-18-11)13-12-7-10(2)19-14(12)16-9-15-13/h4-7,9H,3,8H2,1-2H3. The van der Waals surface area contributed by atoms with E-state index in [0.717, 1.165) is 23.7 Å². The first kappa shape index (κ1) is 12.6. The van der Waals surface area contributed by atoms with Gasteiger partial charge in [-0.3, -0.25) is 0 Å². The number of hydrogen-bond acceptors (Lipinski definition) is 5. The van der Waals surface area contributed by atoms with E-state index < -0.39 is 0 Å². The van der Waals surface area contributed by atoms with Gasteiger partial charge in [0.2, 0.25) is 0 Å². The van der Waals surface area contributed by atoms with Crippen molar-refractivity contribution in [2.75, 3.05) is 11.4 Å². The van der Waals surface area contributed by atoms with Gasteiger partial charge in [0.05, 0.1) is 11.9 Å². The first-order valence-electron chi connectivity index (χ1n) is 6.26. The van der Waals surface area contributed by atoms with Crippen molar-refractivity contribution in [3.8, 4) is 0 Å². The van der Waals surface area contributed by atoms with Gasteiger partial charge in [0.15, 0.2) is 0 Å². The van der Waals surface area contributed by atoms with Crippen molar-refractivity contribution in [2.24, 2.45) is 0 Å². The lowest BCUT2D eigenvalue weighted by atomic mass is 10.3. The maximum absolute atomic E-state index is 4.50. The van der Waals surface area contributed by atoms with Gasteiger partial charge in [-0.25, -0.2) is 9.97 Å². The zero-order valence-corrected chi connectivity index (χ0v) is 12.6. The minimum atomic E-state index is 0.912. The molecule has 98 valence electrons. The lowest BCUT2D eigenvalue weighted by Gasteiger charge is -2.21. The summed E-state index contributed by atoms with van der Waals surface area (Å²) in [4.78, 5) is 14.9. The summed E-state index contributed by atoms with van der Waals surface area (Å²) in [5, 5.41) is 3.29. The number of fused-ring (bicyclic) bond motifs is 1. The average molecular weight is 289 g/mol. The van der Waals surface area contributed by atoms with E-state index in [0.29, 0.717) is 0 Å². The molecule has 19 heavy (non-hydrogen) atoms. The third-order valence-corrected chi connectivity index (χ3v) is 4.86. The molecule has 0 aliphatic carbocycles. The van der Waals surface area contributed by atoms with E-state index in [4.69, 9.17) is 0 Å². The molecule has 3 heterocycles. The predicted molar refractivity (Wildman–Crippen MR) is 83.2 cm³/mol. The topological polar surface area (TPSA) is 29.0 Å². The highest BCUT2D eigenvalue weighted by molar-refractivity contribution is 7.18. The first-order valence-corrected chi connectivity index (χ1v) is 7.96. The van der Waals surface area contributed by atoms with Gasteiger partial charge in [-0.15, -0.1) is 22.7 Å². The van der Waals surface area contributed by atoms with E-state index in [1.54, 1.807) is 29.0 Å². The summed E-state index contributed by atoms with van der Waals surface area (Å²) < 4.78 is 0. The molecule has 0 spiro atoms. The highest BCUT2D eigenvalue weighted by atomic mass is 32.1. The number of thiophene rings is 2. The molecule has 0 unspecified atom stereocenters. The van der Waals surface area contributed by atoms with Crippen molar-refractivity contribution in [2.45, 2.75) is 20.4 Å². The van der Waals surface area contributed by atoms with Crippen LogP contribution in [0.2, 0.25) is 0 Å². The molecule has 3 rings (SSSR count). The molecule has 0 fully saturated rings. The van der Waals surface area contributed by atoms with Crippen molar-refractivity contribution in [3.63, 3.8) is 0 Å². The van der Waals surface area contributed by atoms with Crippen LogP contribution in [0, 0.1) is 6.92 Å². The molecule has 0 N–H and O–H groups in total. The normalized spacial score (nSPS) is 11.1. The number of nitrogens with zero attached hydrogens (tertiary/aromatic N) is 3. The smallest absolute Gasteiger partial charge is 0.141 e. The Hall–Kier alpha value is -1.46. The number of aryl methyl sites for hydroxylation is 1. The monoisotopic (exact) mass is 289 g/mol. The number of hydrogen-bond donors (Lipinski definition) is 0. The Morgan fingerprint density at radius 3 is 2.95 bits per heavy atom. The zero-order chi connectivity index (χ0) is 13.2. The maximum Gasteiger partial charge on any atom is 0.141 e. The summed E-state index contributed by atoms with van der Waals surface area (Å²) in [6.07, 6.45) is 1.67. The molecule has 0 saturated carbocycles. The van der Waals surface area contributed by atoms with Gasteiger partial charge in [-0.2, -0.15) is 0 Å². The molecule has 3 nitrogen and oxygen atoms in total. The van der Waals surface area contributed by atoms with Crippen LogP contribution in [-0.2, 0) is 6.54 Å². The molecule has 0 amide bonds. The quantitative estimate of drug-likeness (QED) is 0.724. The summed E-state index contributed by atoms with van der Waals surface area (Å²) >= 11 is 3.52. The van der Waals surface area contributed by atoms with Crippen molar-refractivity contribution in [1.29, 1.82) is 0 Å². The summed E-state index contributed by atoms with van der Waals surface area (Å²) in [7, 11) is 0. The Morgan fingerprint density at radius 1 is 1.32 bits per heavy atom. The fourth-order valence-electron chi connectivity index (χ4n) is 2.14. The highest BCUT2D eigenvalue weighted by Gasteiger charge is 2.13. The van der Waals surface area contributed by atoms with Crippen LogP contribution >= 0.6 is 22.7 Å². The van der Waals surface area contributed by atoms with Crippen LogP contribution in [0.3, 0.4) is 0 Å². The molecule has 5 heteroatoms. The molecule has 0 saturated heterocycles. The van der Waals surface area contributed by atoms with Crippen molar-refractivity contribution < 1.29 is 0 Å². The van der Waals surface area contributed by atoms with Crippen LogP contribution in [0.25, 0.3) is 10.2 Å². The molecular formula is C14H15N3S2. The first-order chi connectivity index (χ1) is 9.28. The zero-order valence-electron chi connectivity index (χ0n) is 11.0. The Labute approximate surface area is 120 Å². The maximum atomic E-state index is 4.50. The van der Waals surface area contributed by atoms with Crippen molar-refractivity contribution in [3.05, 3.63) is 39.7 Å². The predicted octanol–water partition coefficient (Wildman–Crippen LogP) is 4.09. The Balaban J connectivity index is 2.01. The minimum Gasteiger partial charge on any atom is -0.351 e. The number of anilines is 1. The summed E-state index contributed by atoms with van der Waals surface area (Å²) in [5.74, 6) is 1.05. The van der Waals surface area contributed by atoms with E-state index in [2.05, 4.69) is 52.3 Å². The van der Waals surface area contributed by atoms with E-state index in [-0.39, 0.29) is 0 Å². The fraction of sp³-hybridized carbons (Fsp3) is 0.286. The van der Waals surface area contributed by atoms with Crippen LogP contribution in [0.1, 0.15) is 16.7 Å². The Bertz CT molecular complexity index is 673. The van der Waals surface area contributed by atoms with Gasteiger partial charge in [0.25, 0.3) is 0 Å². The lowest BCUT2D eigenvalue weighted by Crippen LogP contribution is -2.22. The number of aromatic nitrogens is 2. The molecular weight excluding hydrogens is 274 g/mol. The van der Waals surface area contributed by atoms with Crippen molar-refractivity contribution in [1.82, 2.24) is 9.97 Å². The number of rotatable bonds is 4. The molecule has 0 atom stereocenters. The average Bonchev–Trinajstić information content (AvgIpc) is 3.03. The molecule has 0 aliphatic heterocycles. The van der Waals surface area contributed by atoms with E-state index in [9.17, 15) is 0 Å².